The Kier molecular flexibility index (Phi) is 7.41. The molecule has 0 aliphatic rings. The lowest BCUT2D eigenvalue weighted by Gasteiger charge is -2.12. The van der Waals surface area contributed by atoms with Gasteiger partial charge in [-0.2, -0.15) is 0 Å². The number of hydrogen-bond donors (Lipinski definition) is 2. The van der Waals surface area contributed by atoms with Crippen LogP contribution in [0.5, 0.6) is 0 Å². The minimum Gasteiger partial charge on any atom is -0.356 e. The zero-order valence-corrected chi connectivity index (χ0v) is 16.9. The van der Waals surface area contributed by atoms with E-state index in [1.54, 1.807) is 0 Å². The fourth-order valence-electron chi connectivity index (χ4n) is 2.94. The number of benzene rings is 1. The third-order valence-electron chi connectivity index (χ3n) is 4.62. The lowest BCUT2D eigenvalue weighted by molar-refractivity contribution is 0.694. The summed E-state index contributed by atoms with van der Waals surface area (Å²) in [7, 11) is 0. The van der Waals surface area contributed by atoms with Gasteiger partial charge in [-0.05, 0) is 37.5 Å². The maximum Gasteiger partial charge on any atom is 0.191 e. The number of unbranched alkanes of at least 4 members (excludes halogenated alkanes) is 1. The van der Waals surface area contributed by atoms with E-state index in [0.29, 0.717) is 6.54 Å². The van der Waals surface area contributed by atoms with Gasteiger partial charge in [0.1, 0.15) is 5.82 Å². The number of aliphatic imine (C=N–C) groups is 1. The molecule has 0 unspecified atom stereocenters. The summed E-state index contributed by atoms with van der Waals surface area (Å²) in [6.07, 6.45) is 6.15. The number of aromatic nitrogens is 3. The Labute approximate surface area is 167 Å². The molecule has 0 amide bonds. The molecule has 6 nitrogen and oxygen atoms in total. The van der Waals surface area contributed by atoms with Crippen molar-refractivity contribution < 1.29 is 0 Å². The van der Waals surface area contributed by atoms with Crippen LogP contribution in [0.2, 0.25) is 0 Å². The topological polar surface area (TPSA) is 66.6 Å². The van der Waals surface area contributed by atoms with Gasteiger partial charge in [-0.25, -0.2) is 4.99 Å². The average Bonchev–Trinajstić information content (AvgIpc) is 3.13. The van der Waals surface area contributed by atoms with E-state index in [4.69, 9.17) is 4.99 Å². The zero-order chi connectivity index (χ0) is 19.6. The molecule has 2 N–H and O–H groups in total. The average molecular weight is 379 g/mol. The van der Waals surface area contributed by atoms with E-state index in [0.717, 1.165) is 56.2 Å². The van der Waals surface area contributed by atoms with Crippen molar-refractivity contribution in [3.63, 3.8) is 0 Å². The molecule has 0 spiro atoms. The number of fused-ring (bicyclic) bond motifs is 1. The molecule has 0 atom stereocenters. The zero-order valence-electron chi connectivity index (χ0n) is 16.9. The molecule has 0 saturated carbocycles. The summed E-state index contributed by atoms with van der Waals surface area (Å²) in [5.41, 5.74) is 3.39. The molecule has 1 aromatic carbocycles. The van der Waals surface area contributed by atoms with Crippen LogP contribution in [-0.2, 0) is 13.0 Å². The van der Waals surface area contributed by atoms with Gasteiger partial charge in [0.2, 0.25) is 0 Å². The van der Waals surface area contributed by atoms with Crippen molar-refractivity contribution in [3.8, 4) is 0 Å². The van der Waals surface area contributed by atoms with Gasteiger partial charge >= 0.3 is 0 Å². The van der Waals surface area contributed by atoms with E-state index in [-0.39, 0.29) is 0 Å². The van der Waals surface area contributed by atoms with Crippen LogP contribution in [0.25, 0.3) is 5.65 Å². The molecule has 148 valence electrons. The molecule has 28 heavy (non-hydrogen) atoms. The number of nitrogens with zero attached hydrogens (tertiary/aromatic N) is 4. The Hall–Kier alpha value is -2.89. The summed E-state index contributed by atoms with van der Waals surface area (Å²) in [5.74, 6) is 1.87. The molecule has 2 heterocycles. The van der Waals surface area contributed by atoms with E-state index in [1.807, 2.05) is 28.8 Å². The van der Waals surface area contributed by atoms with Gasteiger partial charge in [-0.15, -0.1) is 10.2 Å². The van der Waals surface area contributed by atoms with Crippen LogP contribution in [0.3, 0.4) is 0 Å². The molecule has 6 heteroatoms. The number of nitrogens with one attached hydrogen (secondary N) is 2. The number of guanidine groups is 1. The van der Waals surface area contributed by atoms with Gasteiger partial charge in [-0.1, -0.05) is 49.2 Å². The Balaban J connectivity index is 1.51. The number of pyridine rings is 1. The highest BCUT2D eigenvalue weighted by Gasteiger charge is 2.04. The van der Waals surface area contributed by atoms with Gasteiger partial charge < -0.3 is 10.6 Å². The fourth-order valence-corrected chi connectivity index (χ4v) is 2.94. The first-order chi connectivity index (χ1) is 13.8. The summed E-state index contributed by atoms with van der Waals surface area (Å²) in [6, 6.07) is 14.5. The van der Waals surface area contributed by atoms with Crippen LogP contribution in [-0.4, -0.2) is 33.6 Å². The third-order valence-corrected chi connectivity index (χ3v) is 4.62. The summed E-state index contributed by atoms with van der Waals surface area (Å²) in [5, 5.41) is 15.4. The smallest absolute Gasteiger partial charge is 0.191 e. The molecular weight excluding hydrogens is 348 g/mol. The van der Waals surface area contributed by atoms with Crippen molar-refractivity contribution in [2.24, 2.45) is 4.99 Å². The third kappa shape index (κ3) is 5.81. The molecule has 0 aliphatic carbocycles. The van der Waals surface area contributed by atoms with Gasteiger partial charge in [0.15, 0.2) is 11.6 Å². The first kappa shape index (κ1) is 19.9. The van der Waals surface area contributed by atoms with Crippen LogP contribution >= 0.6 is 0 Å². The monoisotopic (exact) mass is 378 g/mol. The van der Waals surface area contributed by atoms with Gasteiger partial charge in [0.05, 0.1) is 6.54 Å². The lowest BCUT2D eigenvalue weighted by atomic mass is 10.1. The molecule has 0 fully saturated rings. The highest BCUT2D eigenvalue weighted by Crippen LogP contribution is 2.05. The molecule has 0 radical (unpaired) electrons. The van der Waals surface area contributed by atoms with Gasteiger partial charge in [-0.3, -0.25) is 4.40 Å². The first-order valence-electron chi connectivity index (χ1n) is 10.1. The Morgan fingerprint density at radius 1 is 1.00 bits per heavy atom. The van der Waals surface area contributed by atoms with E-state index in [9.17, 15) is 0 Å². The summed E-state index contributed by atoms with van der Waals surface area (Å²) in [4.78, 5) is 4.74. The second-order valence-electron chi connectivity index (χ2n) is 7.01. The summed E-state index contributed by atoms with van der Waals surface area (Å²) >= 11 is 0. The molecule has 3 rings (SSSR count). The first-order valence-corrected chi connectivity index (χ1v) is 10.1. The minimum absolute atomic E-state index is 0.677. The van der Waals surface area contributed by atoms with Gasteiger partial charge in [0, 0.05) is 25.7 Å². The predicted molar refractivity (Wildman–Crippen MR) is 115 cm³/mol. The van der Waals surface area contributed by atoms with E-state index in [1.165, 1.54) is 11.1 Å². The number of rotatable bonds is 9. The minimum atomic E-state index is 0.677. The van der Waals surface area contributed by atoms with Crippen molar-refractivity contribution in [1.82, 2.24) is 25.2 Å². The van der Waals surface area contributed by atoms with Crippen molar-refractivity contribution in [1.29, 1.82) is 0 Å². The maximum absolute atomic E-state index is 4.74. The normalized spacial score (nSPS) is 11.7. The Bertz CT molecular complexity index is 881. The van der Waals surface area contributed by atoms with Crippen molar-refractivity contribution in [2.75, 3.05) is 13.1 Å². The largest absolute Gasteiger partial charge is 0.356 e. The van der Waals surface area contributed by atoms with Gasteiger partial charge in [0.25, 0.3) is 0 Å². The molecule has 2 aromatic heterocycles. The van der Waals surface area contributed by atoms with Crippen molar-refractivity contribution >= 4 is 11.6 Å². The standard InChI is InChI=1S/C22H30N6/c1-3-4-14-23-22(25-17-19-12-10-18(2)11-13-19)24-15-7-9-21-27-26-20-8-5-6-16-28(20)21/h5-6,8,10-13,16H,3-4,7,9,14-15,17H2,1-2H3,(H2,23,24,25). The quantitative estimate of drug-likeness (QED) is 0.340. The predicted octanol–water partition coefficient (Wildman–Crippen LogP) is 3.51. The Morgan fingerprint density at radius 3 is 2.57 bits per heavy atom. The van der Waals surface area contributed by atoms with E-state index in [2.05, 4.69) is 58.9 Å². The second-order valence-corrected chi connectivity index (χ2v) is 7.01. The van der Waals surface area contributed by atoms with Crippen LogP contribution in [0, 0.1) is 6.92 Å². The van der Waals surface area contributed by atoms with E-state index >= 15 is 0 Å². The maximum atomic E-state index is 4.74. The molecule has 0 saturated heterocycles. The van der Waals surface area contributed by atoms with E-state index < -0.39 is 0 Å². The van der Waals surface area contributed by atoms with Crippen LogP contribution in [0.15, 0.2) is 53.7 Å². The molecule has 0 bridgehead atoms. The van der Waals surface area contributed by atoms with Crippen LogP contribution in [0.4, 0.5) is 0 Å². The van der Waals surface area contributed by atoms with Crippen LogP contribution < -0.4 is 10.6 Å². The summed E-state index contributed by atoms with van der Waals surface area (Å²) < 4.78 is 2.05. The number of aryl methyl sites for hydroxylation is 2. The fraction of sp³-hybridized carbons (Fsp3) is 0.409. The summed E-state index contributed by atoms with van der Waals surface area (Å²) in [6.45, 7) is 6.75. The highest BCUT2D eigenvalue weighted by atomic mass is 15.2. The van der Waals surface area contributed by atoms with Crippen molar-refractivity contribution in [3.05, 3.63) is 65.6 Å². The van der Waals surface area contributed by atoms with Crippen LogP contribution in [0.1, 0.15) is 43.1 Å². The molecule has 3 aromatic rings. The lowest BCUT2D eigenvalue weighted by Crippen LogP contribution is -2.38. The molecular formula is C22H30N6. The Morgan fingerprint density at radius 2 is 1.79 bits per heavy atom. The second kappa shape index (κ2) is 10.4. The highest BCUT2D eigenvalue weighted by molar-refractivity contribution is 5.79. The van der Waals surface area contributed by atoms with Crippen molar-refractivity contribution in [2.45, 2.75) is 46.1 Å². The SMILES string of the molecule is CCCCNC(=NCc1ccc(C)cc1)NCCCc1nnc2ccccn12. The number of hydrogen-bond acceptors (Lipinski definition) is 3. The molecule has 0 aliphatic heterocycles.